The standard InChI is InChI=1S/C13H22F3NO3/c1-8(2)5-9(11(19)20)7-17-10(18)6-12(3,4)13(14,15)16/h8-9H,5-7H2,1-4H3,(H,17,18)(H,19,20). The van der Waals surface area contributed by atoms with Gasteiger partial charge in [-0.2, -0.15) is 13.2 Å². The van der Waals surface area contributed by atoms with E-state index < -0.39 is 35.8 Å². The Morgan fingerprint density at radius 2 is 1.70 bits per heavy atom. The maximum atomic E-state index is 12.6. The molecule has 0 aromatic carbocycles. The lowest BCUT2D eigenvalue weighted by atomic mass is 9.88. The largest absolute Gasteiger partial charge is 0.481 e. The van der Waals surface area contributed by atoms with E-state index in [4.69, 9.17) is 5.11 Å². The van der Waals surface area contributed by atoms with Crippen LogP contribution in [-0.4, -0.2) is 29.7 Å². The zero-order valence-corrected chi connectivity index (χ0v) is 12.2. The molecule has 20 heavy (non-hydrogen) atoms. The van der Waals surface area contributed by atoms with Crippen molar-refractivity contribution in [3.05, 3.63) is 0 Å². The molecule has 1 amide bonds. The molecule has 7 heteroatoms. The molecule has 0 aromatic heterocycles. The number of aliphatic carboxylic acids is 1. The van der Waals surface area contributed by atoms with Gasteiger partial charge in [0.15, 0.2) is 0 Å². The molecule has 0 saturated heterocycles. The highest BCUT2D eigenvalue weighted by Gasteiger charge is 2.48. The molecule has 0 fully saturated rings. The molecule has 0 heterocycles. The molecule has 0 aliphatic carbocycles. The molecule has 0 aromatic rings. The lowest BCUT2D eigenvalue weighted by Crippen LogP contribution is -2.40. The second kappa shape index (κ2) is 6.95. The quantitative estimate of drug-likeness (QED) is 0.759. The third-order valence-corrected chi connectivity index (χ3v) is 3.02. The molecule has 0 aliphatic heterocycles. The zero-order chi connectivity index (χ0) is 16.1. The molecule has 0 spiro atoms. The average molecular weight is 297 g/mol. The van der Waals surface area contributed by atoms with Gasteiger partial charge in [-0.25, -0.2) is 0 Å². The predicted molar refractivity (Wildman–Crippen MR) is 68.0 cm³/mol. The number of alkyl halides is 3. The minimum Gasteiger partial charge on any atom is -0.481 e. The van der Waals surface area contributed by atoms with E-state index in [-0.39, 0.29) is 12.5 Å². The molecule has 2 N–H and O–H groups in total. The summed E-state index contributed by atoms with van der Waals surface area (Å²) in [5.41, 5.74) is -2.13. The van der Waals surface area contributed by atoms with E-state index in [1.54, 1.807) is 0 Å². The van der Waals surface area contributed by atoms with E-state index in [1.807, 2.05) is 13.8 Å². The van der Waals surface area contributed by atoms with E-state index >= 15 is 0 Å². The third kappa shape index (κ3) is 6.25. The maximum absolute atomic E-state index is 12.6. The van der Waals surface area contributed by atoms with Gasteiger partial charge in [0.2, 0.25) is 5.91 Å². The Labute approximate surface area is 116 Å². The van der Waals surface area contributed by atoms with Gasteiger partial charge in [0.05, 0.1) is 11.3 Å². The number of amides is 1. The number of rotatable bonds is 7. The monoisotopic (exact) mass is 297 g/mol. The van der Waals surface area contributed by atoms with Gasteiger partial charge in [-0.3, -0.25) is 9.59 Å². The number of hydrogen-bond donors (Lipinski definition) is 2. The van der Waals surface area contributed by atoms with Crippen LogP contribution >= 0.6 is 0 Å². The molecule has 0 saturated carbocycles. The zero-order valence-electron chi connectivity index (χ0n) is 12.2. The van der Waals surface area contributed by atoms with Crippen LogP contribution in [0.3, 0.4) is 0 Å². The van der Waals surface area contributed by atoms with Crippen LogP contribution in [0.25, 0.3) is 0 Å². The summed E-state index contributed by atoms with van der Waals surface area (Å²) >= 11 is 0. The molecule has 1 unspecified atom stereocenters. The van der Waals surface area contributed by atoms with Crippen molar-refractivity contribution in [1.29, 1.82) is 0 Å². The molecular formula is C13H22F3NO3. The van der Waals surface area contributed by atoms with Crippen LogP contribution in [0.5, 0.6) is 0 Å². The first-order valence-electron chi connectivity index (χ1n) is 6.43. The van der Waals surface area contributed by atoms with Crippen molar-refractivity contribution >= 4 is 11.9 Å². The van der Waals surface area contributed by atoms with E-state index in [0.717, 1.165) is 13.8 Å². The summed E-state index contributed by atoms with van der Waals surface area (Å²) in [7, 11) is 0. The van der Waals surface area contributed by atoms with Crippen molar-refractivity contribution in [2.24, 2.45) is 17.3 Å². The van der Waals surface area contributed by atoms with Crippen LogP contribution in [-0.2, 0) is 9.59 Å². The van der Waals surface area contributed by atoms with E-state index in [1.165, 1.54) is 0 Å². The molecule has 0 radical (unpaired) electrons. The third-order valence-electron chi connectivity index (χ3n) is 3.02. The van der Waals surface area contributed by atoms with Crippen molar-refractivity contribution in [1.82, 2.24) is 5.32 Å². The van der Waals surface area contributed by atoms with Crippen LogP contribution in [0, 0.1) is 17.3 Å². The summed E-state index contributed by atoms with van der Waals surface area (Å²) in [6.07, 6.45) is -4.84. The molecule has 0 rings (SSSR count). The highest BCUT2D eigenvalue weighted by atomic mass is 19.4. The highest BCUT2D eigenvalue weighted by Crippen LogP contribution is 2.40. The van der Waals surface area contributed by atoms with Crippen molar-refractivity contribution in [2.45, 2.75) is 46.7 Å². The number of carboxylic acids is 1. The van der Waals surface area contributed by atoms with Gasteiger partial charge in [-0.15, -0.1) is 0 Å². The SMILES string of the molecule is CC(C)CC(CNC(=O)CC(C)(C)C(F)(F)F)C(=O)O. The van der Waals surface area contributed by atoms with Gasteiger partial charge in [0.25, 0.3) is 0 Å². The van der Waals surface area contributed by atoms with E-state index in [0.29, 0.717) is 6.42 Å². The first-order chi connectivity index (χ1) is 8.86. The second-order valence-electron chi connectivity index (χ2n) is 6.03. The Morgan fingerprint density at radius 1 is 1.20 bits per heavy atom. The van der Waals surface area contributed by atoms with Gasteiger partial charge in [0.1, 0.15) is 0 Å². The Balaban J connectivity index is 4.44. The number of hydrogen-bond acceptors (Lipinski definition) is 2. The van der Waals surface area contributed by atoms with Gasteiger partial charge in [-0.05, 0) is 12.3 Å². The van der Waals surface area contributed by atoms with Crippen molar-refractivity contribution in [3.63, 3.8) is 0 Å². The molecule has 1 atom stereocenters. The van der Waals surface area contributed by atoms with Crippen molar-refractivity contribution in [3.8, 4) is 0 Å². The number of nitrogens with one attached hydrogen (secondary N) is 1. The van der Waals surface area contributed by atoms with E-state index in [9.17, 15) is 22.8 Å². The summed E-state index contributed by atoms with van der Waals surface area (Å²) < 4.78 is 37.9. The van der Waals surface area contributed by atoms with Gasteiger partial charge >= 0.3 is 12.1 Å². The molecule has 0 bridgehead atoms. The molecule has 118 valence electrons. The van der Waals surface area contributed by atoms with Gasteiger partial charge in [-0.1, -0.05) is 27.7 Å². The summed E-state index contributed by atoms with van der Waals surface area (Å²) in [5, 5.41) is 11.2. The Hall–Kier alpha value is -1.27. The van der Waals surface area contributed by atoms with Crippen molar-refractivity contribution < 1.29 is 27.9 Å². The van der Waals surface area contributed by atoms with Gasteiger partial charge < -0.3 is 10.4 Å². The first kappa shape index (κ1) is 18.7. The Bertz CT molecular complexity index is 351. The number of carbonyl (C=O) groups is 2. The number of halogens is 3. The Morgan fingerprint density at radius 3 is 2.05 bits per heavy atom. The fraction of sp³-hybridized carbons (Fsp3) is 0.846. The number of carbonyl (C=O) groups excluding carboxylic acids is 1. The fourth-order valence-electron chi connectivity index (χ4n) is 1.64. The lowest BCUT2D eigenvalue weighted by Gasteiger charge is -2.27. The minimum atomic E-state index is -4.48. The van der Waals surface area contributed by atoms with Crippen LogP contribution in [0.15, 0.2) is 0 Å². The summed E-state index contributed by atoms with van der Waals surface area (Å²) in [6.45, 7) is 5.40. The summed E-state index contributed by atoms with van der Waals surface area (Å²) in [4.78, 5) is 22.5. The lowest BCUT2D eigenvalue weighted by molar-refractivity contribution is -0.213. The van der Waals surface area contributed by atoms with Crippen molar-refractivity contribution in [2.75, 3.05) is 6.54 Å². The average Bonchev–Trinajstić information content (AvgIpc) is 2.20. The second-order valence-corrected chi connectivity index (χ2v) is 6.03. The number of carboxylic acid groups (broad SMARTS) is 1. The topological polar surface area (TPSA) is 66.4 Å². The summed E-state index contributed by atoms with van der Waals surface area (Å²) in [6, 6.07) is 0. The predicted octanol–water partition coefficient (Wildman–Crippen LogP) is 2.83. The Kier molecular flexibility index (Phi) is 6.50. The van der Waals surface area contributed by atoms with Crippen LogP contribution in [0.4, 0.5) is 13.2 Å². The molecule has 4 nitrogen and oxygen atoms in total. The first-order valence-corrected chi connectivity index (χ1v) is 6.43. The van der Waals surface area contributed by atoms with Gasteiger partial charge in [0, 0.05) is 13.0 Å². The maximum Gasteiger partial charge on any atom is 0.394 e. The van der Waals surface area contributed by atoms with E-state index in [2.05, 4.69) is 5.32 Å². The molecule has 0 aliphatic rings. The highest BCUT2D eigenvalue weighted by molar-refractivity contribution is 5.78. The van der Waals surface area contributed by atoms with Crippen LogP contribution < -0.4 is 5.32 Å². The minimum absolute atomic E-state index is 0.125. The molecular weight excluding hydrogens is 275 g/mol. The normalized spacial score (nSPS) is 14.2. The van der Waals surface area contributed by atoms with Crippen LogP contribution in [0.2, 0.25) is 0 Å². The smallest absolute Gasteiger partial charge is 0.394 e. The summed E-state index contributed by atoms with van der Waals surface area (Å²) in [5.74, 6) is -2.51. The van der Waals surface area contributed by atoms with Crippen LogP contribution in [0.1, 0.15) is 40.5 Å². The fourth-order valence-corrected chi connectivity index (χ4v) is 1.64.